The van der Waals surface area contributed by atoms with E-state index in [1.807, 2.05) is 0 Å². The molecule has 0 aliphatic rings. The average Bonchev–Trinajstić information content (AvgIpc) is 2.39. The number of hydrogen-bond acceptors (Lipinski definition) is 3. The zero-order chi connectivity index (χ0) is 16.7. The number of aromatic hydroxyl groups is 1. The first-order valence-electron chi connectivity index (χ1n) is 5.47. The molecule has 10 heteroatoms. The summed E-state index contributed by atoms with van der Waals surface area (Å²) in [5.74, 6) is -0.630. The van der Waals surface area contributed by atoms with Gasteiger partial charge in [-0.1, -0.05) is 58.0 Å². The first-order chi connectivity index (χ1) is 10.1. The van der Waals surface area contributed by atoms with E-state index >= 15 is 0 Å². The van der Waals surface area contributed by atoms with Crippen LogP contribution >= 0.6 is 58.0 Å². The molecule has 2 N–H and O–H groups in total. The van der Waals surface area contributed by atoms with Gasteiger partial charge in [0.05, 0.1) is 25.8 Å². The zero-order valence-corrected chi connectivity index (χ0v) is 15.0. The molecule has 0 bridgehead atoms. The first kappa shape index (κ1) is 17.8. The van der Waals surface area contributed by atoms with Gasteiger partial charge in [-0.05, 0) is 24.3 Å². The van der Waals surface area contributed by atoms with Crippen LogP contribution in [0.5, 0.6) is 5.75 Å². The molecule has 0 atom stereocenters. The number of benzene rings is 2. The van der Waals surface area contributed by atoms with Gasteiger partial charge in [0.15, 0.2) is 5.75 Å². The Kier molecular flexibility index (Phi) is 5.27. The molecule has 2 aromatic rings. The number of hydrogen-bond donors (Lipinski definition) is 2. The minimum Gasteiger partial charge on any atom is -0.505 e. The Bertz CT molecular complexity index is 854. The summed E-state index contributed by atoms with van der Waals surface area (Å²) in [5.41, 5.74) is -0.00781. The number of rotatable bonds is 3. The van der Waals surface area contributed by atoms with Crippen LogP contribution in [0.15, 0.2) is 29.2 Å². The molecule has 22 heavy (non-hydrogen) atoms. The third-order valence-corrected chi connectivity index (χ3v) is 5.46. The first-order valence-corrected chi connectivity index (χ1v) is 8.84. The molecule has 0 heterocycles. The van der Waals surface area contributed by atoms with Gasteiger partial charge in [0, 0.05) is 5.02 Å². The Morgan fingerprint density at radius 1 is 0.818 bits per heavy atom. The summed E-state index contributed by atoms with van der Waals surface area (Å²) >= 11 is 29.0. The number of nitrogens with one attached hydrogen (secondary N) is 1. The fourth-order valence-corrected chi connectivity index (χ4v) is 4.03. The third kappa shape index (κ3) is 3.67. The van der Waals surface area contributed by atoms with E-state index in [-0.39, 0.29) is 30.8 Å². The van der Waals surface area contributed by atoms with Crippen LogP contribution < -0.4 is 4.72 Å². The number of phenols is 1. The van der Waals surface area contributed by atoms with Crippen LogP contribution in [-0.4, -0.2) is 13.5 Å². The van der Waals surface area contributed by atoms with Crippen molar-refractivity contribution in [3.05, 3.63) is 49.4 Å². The van der Waals surface area contributed by atoms with Gasteiger partial charge in [0.1, 0.15) is 4.90 Å². The van der Waals surface area contributed by atoms with E-state index < -0.39 is 20.7 Å². The molecule has 0 aromatic heterocycles. The van der Waals surface area contributed by atoms with Crippen molar-refractivity contribution in [2.45, 2.75) is 4.90 Å². The van der Waals surface area contributed by atoms with Gasteiger partial charge in [0.25, 0.3) is 10.0 Å². The Hall–Kier alpha value is -0.560. The van der Waals surface area contributed by atoms with E-state index in [0.717, 1.165) is 6.07 Å². The molecule has 0 saturated heterocycles. The van der Waals surface area contributed by atoms with Crippen LogP contribution in [0.1, 0.15) is 0 Å². The minimum absolute atomic E-state index is 0.00781. The largest absolute Gasteiger partial charge is 0.505 e. The Morgan fingerprint density at radius 2 is 1.41 bits per heavy atom. The summed E-state index contributed by atoms with van der Waals surface area (Å²) in [4.78, 5) is -0.493. The van der Waals surface area contributed by atoms with Crippen LogP contribution in [0.25, 0.3) is 0 Å². The molecule has 0 radical (unpaired) electrons. The van der Waals surface area contributed by atoms with Crippen molar-refractivity contribution >= 4 is 73.7 Å². The standard InChI is InChI=1S/C12H6Cl5NO3S/c13-5-1-9(17)12(19)11(2-5)22(20,21)18-10-4-7(15)6(14)3-8(10)16/h1-4,18-19H. The second-order valence-corrected chi connectivity index (χ2v) is 7.80. The summed E-state index contributed by atoms with van der Waals surface area (Å²) in [5, 5.41) is 9.97. The summed E-state index contributed by atoms with van der Waals surface area (Å²) in [7, 11) is -4.20. The maximum Gasteiger partial charge on any atom is 0.265 e. The summed E-state index contributed by atoms with van der Waals surface area (Å²) < 4.78 is 26.9. The molecule has 0 spiro atoms. The van der Waals surface area contributed by atoms with Gasteiger partial charge in [-0.25, -0.2) is 8.42 Å². The molecular formula is C12H6Cl5NO3S. The minimum atomic E-state index is -4.20. The highest BCUT2D eigenvalue weighted by atomic mass is 35.5. The van der Waals surface area contributed by atoms with E-state index in [1.165, 1.54) is 18.2 Å². The second kappa shape index (κ2) is 6.51. The lowest BCUT2D eigenvalue weighted by atomic mass is 10.3. The van der Waals surface area contributed by atoms with Crippen molar-refractivity contribution in [3.63, 3.8) is 0 Å². The lowest BCUT2D eigenvalue weighted by molar-refractivity contribution is 0.459. The van der Waals surface area contributed by atoms with Crippen LogP contribution in [0.2, 0.25) is 25.1 Å². The SMILES string of the molecule is O=S(=O)(Nc1cc(Cl)c(Cl)cc1Cl)c1cc(Cl)cc(Cl)c1O. The van der Waals surface area contributed by atoms with Gasteiger partial charge in [0.2, 0.25) is 0 Å². The molecular weight excluding hydrogens is 415 g/mol. The summed E-state index contributed by atoms with van der Waals surface area (Å²) in [6.45, 7) is 0. The maximum absolute atomic E-state index is 12.4. The molecule has 0 aliphatic carbocycles. The second-order valence-electron chi connectivity index (χ2n) is 4.09. The van der Waals surface area contributed by atoms with Crippen molar-refractivity contribution in [2.75, 3.05) is 4.72 Å². The fourth-order valence-electron chi connectivity index (χ4n) is 1.55. The Morgan fingerprint density at radius 3 is 2.05 bits per heavy atom. The zero-order valence-electron chi connectivity index (χ0n) is 10.4. The third-order valence-electron chi connectivity index (χ3n) is 2.54. The van der Waals surface area contributed by atoms with Crippen molar-refractivity contribution < 1.29 is 13.5 Å². The van der Waals surface area contributed by atoms with Crippen molar-refractivity contribution in [1.29, 1.82) is 0 Å². The summed E-state index contributed by atoms with van der Waals surface area (Å²) in [6.07, 6.45) is 0. The molecule has 0 amide bonds. The van der Waals surface area contributed by atoms with E-state index in [2.05, 4.69) is 4.72 Å². The van der Waals surface area contributed by atoms with Crippen LogP contribution in [-0.2, 0) is 10.0 Å². The van der Waals surface area contributed by atoms with Gasteiger partial charge < -0.3 is 5.11 Å². The Balaban J connectivity index is 2.52. The van der Waals surface area contributed by atoms with Gasteiger partial charge >= 0.3 is 0 Å². The lowest BCUT2D eigenvalue weighted by Crippen LogP contribution is -2.13. The van der Waals surface area contributed by atoms with Crippen LogP contribution in [0, 0.1) is 0 Å². The molecule has 4 nitrogen and oxygen atoms in total. The van der Waals surface area contributed by atoms with Crippen molar-refractivity contribution in [1.82, 2.24) is 0 Å². The molecule has 0 unspecified atom stereocenters. The quantitative estimate of drug-likeness (QED) is 0.647. The monoisotopic (exact) mass is 419 g/mol. The smallest absolute Gasteiger partial charge is 0.265 e. The molecule has 0 fully saturated rings. The number of sulfonamides is 1. The molecule has 0 aliphatic heterocycles. The number of anilines is 1. The Labute approximate surface area is 151 Å². The topological polar surface area (TPSA) is 66.4 Å². The van der Waals surface area contributed by atoms with Crippen LogP contribution in [0.4, 0.5) is 5.69 Å². The highest BCUT2D eigenvalue weighted by Crippen LogP contribution is 2.37. The van der Waals surface area contributed by atoms with Gasteiger partial charge in [-0.15, -0.1) is 0 Å². The normalized spacial score (nSPS) is 11.5. The van der Waals surface area contributed by atoms with Crippen molar-refractivity contribution in [3.8, 4) is 5.75 Å². The number of halogens is 5. The maximum atomic E-state index is 12.4. The van der Waals surface area contributed by atoms with Crippen LogP contribution in [0.3, 0.4) is 0 Å². The molecule has 118 valence electrons. The van der Waals surface area contributed by atoms with Gasteiger partial charge in [-0.3, -0.25) is 4.72 Å². The lowest BCUT2D eigenvalue weighted by Gasteiger charge is -2.12. The summed E-state index contributed by atoms with van der Waals surface area (Å²) in [6, 6.07) is 4.79. The number of phenolic OH excluding ortho intramolecular Hbond substituents is 1. The molecule has 2 aromatic carbocycles. The predicted octanol–water partition coefficient (Wildman–Crippen LogP) is 5.46. The highest BCUT2D eigenvalue weighted by molar-refractivity contribution is 7.92. The fraction of sp³-hybridized carbons (Fsp3) is 0. The van der Waals surface area contributed by atoms with E-state index in [9.17, 15) is 13.5 Å². The molecule has 0 saturated carbocycles. The van der Waals surface area contributed by atoms with E-state index in [1.54, 1.807) is 0 Å². The van der Waals surface area contributed by atoms with E-state index in [4.69, 9.17) is 58.0 Å². The van der Waals surface area contributed by atoms with Gasteiger partial charge in [-0.2, -0.15) is 0 Å². The predicted molar refractivity (Wildman–Crippen MR) is 90.4 cm³/mol. The highest BCUT2D eigenvalue weighted by Gasteiger charge is 2.23. The van der Waals surface area contributed by atoms with Crippen molar-refractivity contribution in [2.24, 2.45) is 0 Å². The van der Waals surface area contributed by atoms with E-state index in [0.29, 0.717) is 0 Å². The molecule has 2 rings (SSSR count). The average molecular weight is 422 g/mol.